The zero-order chi connectivity index (χ0) is 13.1. The molecule has 6 nitrogen and oxygen atoms in total. The van der Waals surface area contributed by atoms with E-state index in [4.69, 9.17) is 5.73 Å². The Labute approximate surface area is 108 Å². The van der Waals surface area contributed by atoms with Gasteiger partial charge in [0.25, 0.3) is 0 Å². The number of aromatic nitrogens is 3. The van der Waals surface area contributed by atoms with Gasteiger partial charge in [0.05, 0.1) is 0 Å². The van der Waals surface area contributed by atoms with Crippen LogP contribution in [0.1, 0.15) is 44.3 Å². The van der Waals surface area contributed by atoms with Crippen LogP contribution < -0.4 is 11.1 Å². The second kappa shape index (κ2) is 9.58. The minimum Gasteiger partial charge on any atom is -0.356 e. The lowest BCUT2D eigenvalue weighted by atomic mass is 10.1. The average molecular weight is 253 g/mol. The van der Waals surface area contributed by atoms with Gasteiger partial charge < -0.3 is 11.1 Å². The van der Waals surface area contributed by atoms with Crippen molar-refractivity contribution in [2.75, 3.05) is 13.1 Å². The van der Waals surface area contributed by atoms with Crippen molar-refractivity contribution in [3.05, 3.63) is 12.2 Å². The summed E-state index contributed by atoms with van der Waals surface area (Å²) in [6.45, 7) is 1.44. The molecule has 18 heavy (non-hydrogen) atoms. The molecule has 1 amide bonds. The summed E-state index contributed by atoms with van der Waals surface area (Å²) in [4.78, 5) is 15.5. The highest BCUT2D eigenvalue weighted by atomic mass is 16.1. The number of hydrogen-bond acceptors (Lipinski definition) is 4. The van der Waals surface area contributed by atoms with Gasteiger partial charge in [-0.1, -0.05) is 12.8 Å². The van der Waals surface area contributed by atoms with Gasteiger partial charge in [-0.15, -0.1) is 0 Å². The largest absolute Gasteiger partial charge is 0.356 e. The van der Waals surface area contributed by atoms with Crippen LogP contribution in [0, 0.1) is 0 Å². The normalized spacial score (nSPS) is 10.5. The van der Waals surface area contributed by atoms with E-state index in [2.05, 4.69) is 20.5 Å². The lowest BCUT2D eigenvalue weighted by Crippen LogP contribution is -2.24. The highest BCUT2D eigenvalue weighted by Gasteiger charge is 2.01. The Hall–Kier alpha value is -1.43. The van der Waals surface area contributed by atoms with Crippen molar-refractivity contribution in [1.82, 2.24) is 20.5 Å². The van der Waals surface area contributed by atoms with Gasteiger partial charge in [0.15, 0.2) is 0 Å². The second-order valence-corrected chi connectivity index (χ2v) is 4.34. The van der Waals surface area contributed by atoms with Crippen LogP contribution in [0.25, 0.3) is 0 Å². The van der Waals surface area contributed by atoms with Crippen LogP contribution in [0.2, 0.25) is 0 Å². The maximum absolute atomic E-state index is 11.5. The molecule has 0 spiro atoms. The SMILES string of the molecule is NCCCCCCC(=O)NCCCc1ncn[nH]1. The molecule has 0 atom stereocenters. The summed E-state index contributed by atoms with van der Waals surface area (Å²) in [5.41, 5.74) is 5.40. The van der Waals surface area contributed by atoms with Crippen LogP contribution in [0.3, 0.4) is 0 Å². The van der Waals surface area contributed by atoms with Crippen LogP contribution in [0.15, 0.2) is 6.33 Å². The summed E-state index contributed by atoms with van der Waals surface area (Å²) in [5.74, 6) is 1.01. The highest BCUT2D eigenvalue weighted by molar-refractivity contribution is 5.75. The van der Waals surface area contributed by atoms with Gasteiger partial charge in [-0.3, -0.25) is 9.89 Å². The Balaban J connectivity index is 1.90. The number of carbonyl (C=O) groups excluding carboxylic acids is 1. The fourth-order valence-corrected chi connectivity index (χ4v) is 1.71. The summed E-state index contributed by atoms with van der Waals surface area (Å²) in [7, 11) is 0. The Morgan fingerprint density at radius 3 is 2.83 bits per heavy atom. The molecular formula is C12H23N5O. The van der Waals surface area contributed by atoms with Crippen molar-refractivity contribution in [3.8, 4) is 0 Å². The molecule has 1 aromatic rings. The number of aryl methyl sites for hydroxylation is 1. The molecule has 6 heteroatoms. The average Bonchev–Trinajstić information content (AvgIpc) is 2.87. The van der Waals surface area contributed by atoms with E-state index in [0.717, 1.165) is 50.9 Å². The van der Waals surface area contributed by atoms with Crippen molar-refractivity contribution in [2.24, 2.45) is 5.73 Å². The summed E-state index contributed by atoms with van der Waals surface area (Å²) >= 11 is 0. The molecule has 0 fully saturated rings. The molecule has 0 aliphatic heterocycles. The van der Waals surface area contributed by atoms with Crippen molar-refractivity contribution in [3.63, 3.8) is 0 Å². The van der Waals surface area contributed by atoms with Gasteiger partial charge in [-0.25, -0.2) is 4.98 Å². The molecule has 1 heterocycles. The number of hydrogen-bond donors (Lipinski definition) is 3. The Morgan fingerprint density at radius 1 is 1.28 bits per heavy atom. The number of amides is 1. The number of aromatic amines is 1. The monoisotopic (exact) mass is 253 g/mol. The maximum atomic E-state index is 11.5. The topological polar surface area (TPSA) is 96.7 Å². The van der Waals surface area contributed by atoms with Gasteiger partial charge in [0, 0.05) is 19.4 Å². The fourth-order valence-electron chi connectivity index (χ4n) is 1.71. The molecule has 4 N–H and O–H groups in total. The van der Waals surface area contributed by atoms with Crippen molar-refractivity contribution in [2.45, 2.75) is 44.9 Å². The number of carbonyl (C=O) groups is 1. The Bertz CT molecular complexity index is 312. The van der Waals surface area contributed by atoms with Gasteiger partial charge in [0.2, 0.25) is 5.91 Å². The summed E-state index contributed by atoms with van der Waals surface area (Å²) < 4.78 is 0. The summed E-state index contributed by atoms with van der Waals surface area (Å²) in [5, 5.41) is 9.47. The molecule has 0 aromatic carbocycles. The lowest BCUT2D eigenvalue weighted by Gasteiger charge is -2.04. The first-order valence-corrected chi connectivity index (χ1v) is 6.64. The quantitative estimate of drug-likeness (QED) is 0.536. The molecular weight excluding hydrogens is 230 g/mol. The number of nitrogens with two attached hydrogens (primary N) is 1. The number of unbranched alkanes of at least 4 members (excludes halogenated alkanes) is 3. The molecule has 0 unspecified atom stereocenters. The van der Waals surface area contributed by atoms with E-state index in [1.807, 2.05) is 0 Å². The van der Waals surface area contributed by atoms with E-state index in [1.165, 1.54) is 6.33 Å². The third kappa shape index (κ3) is 7.01. The van der Waals surface area contributed by atoms with Gasteiger partial charge >= 0.3 is 0 Å². The minimum absolute atomic E-state index is 0.139. The van der Waals surface area contributed by atoms with Gasteiger partial charge in [-0.2, -0.15) is 5.10 Å². The van der Waals surface area contributed by atoms with E-state index in [0.29, 0.717) is 13.0 Å². The van der Waals surface area contributed by atoms with Crippen LogP contribution in [-0.2, 0) is 11.2 Å². The van der Waals surface area contributed by atoms with Crippen molar-refractivity contribution in [1.29, 1.82) is 0 Å². The highest BCUT2D eigenvalue weighted by Crippen LogP contribution is 2.02. The number of rotatable bonds is 10. The van der Waals surface area contributed by atoms with Crippen LogP contribution >= 0.6 is 0 Å². The number of H-pyrrole nitrogens is 1. The van der Waals surface area contributed by atoms with Gasteiger partial charge in [0.1, 0.15) is 12.2 Å². The first kappa shape index (κ1) is 14.6. The molecule has 0 radical (unpaired) electrons. The molecule has 0 aliphatic carbocycles. The van der Waals surface area contributed by atoms with Crippen LogP contribution in [0.4, 0.5) is 0 Å². The Morgan fingerprint density at radius 2 is 2.11 bits per heavy atom. The lowest BCUT2D eigenvalue weighted by molar-refractivity contribution is -0.121. The van der Waals surface area contributed by atoms with E-state index in [1.54, 1.807) is 0 Å². The number of nitrogens with one attached hydrogen (secondary N) is 2. The first-order valence-electron chi connectivity index (χ1n) is 6.64. The van der Waals surface area contributed by atoms with Crippen molar-refractivity contribution < 1.29 is 4.79 Å². The molecule has 0 aliphatic rings. The molecule has 1 aromatic heterocycles. The predicted molar refractivity (Wildman–Crippen MR) is 69.9 cm³/mol. The van der Waals surface area contributed by atoms with E-state index in [-0.39, 0.29) is 5.91 Å². The summed E-state index contributed by atoms with van der Waals surface area (Å²) in [6.07, 6.45) is 8.03. The second-order valence-electron chi connectivity index (χ2n) is 4.34. The third-order valence-corrected chi connectivity index (χ3v) is 2.74. The zero-order valence-corrected chi connectivity index (χ0v) is 10.8. The van der Waals surface area contributed by atoms with Crippen LogP contribution in [0.5, 0.6) is 0 Å². The smallest absolute Gasteiger partial charge is 0.219 e. The molecule has 0 saturated heterocycles. The predicted octanol–water partition coefficient (Wildman–Crippen LogP) is 0.763. The standard InChI is InChI=1S/C12H23N5O/c13-8-4-2-1-3-7-12(18)14-9-5-6-11-15-10-16-17-11/h10H,1-9,13H2,(H,14,18)(H,15,16,17). The minimum atomic E-state index is 0.139. The molecule has 1 rings (SSSR count). The first-order chi connectivity index (χ1) is 8.83. The molecule has 0 bridgehead atoms. The number of nitrogens with zero attached hydrogens (tertiary/aromatic N) is 2. The molecule has 102 valence electrons. The zero-order valence-electron chi connectivity index (χ0n) is 10.8. The van der Waals surface area contributed by atoms with Crippen LogP contribution in [-0.4, -0.2) is 34.2 Å². The van der Waals surface area contributed by atoms with E-state index >= 15 is 0 Å². The fraction of sp³-hybridized carbons (Fsp3) is 0.750. The van der Waals surface area contributed by atoms with Gasteiger partial charge in [-0.05, 0) is 25.8 Å². The summed E-state index contributed by atoms with van der Waals surface area (Å²) in [6, 6.07) is 0. The Kier molecular flexibility index (Phi) is 7.79. The maximum Gasteiger partial charge on any atom is 0.219 e. The van der Waals surface area contributed by atoms with E-state index < -0.39 is 0 Å². The molecule has 0 saturated carbocycles. The van der Waals surface area contributed by atoms with E-state index in [9.17, 15) is 4.79 Å². The third-order valence-electron chi connectivity index (χ3n) is 2.74. The van der Waals surface area contributed by atoms with Crippen molar-refractivity contribution >= 4 is 5.91 Å².